The van der Waals surface area contributed by atoms with Crippen molar-refractivity contribution in [1.29, 1.82) is 0 Å². The van der Waals surface area contributed by atoms with Crippen LogP contribution in [0, 0.1) is 23.3 Å². The number of nitrogens with one attached hydrogen (secondary N) is 1. The topological polar surface area (TPSA) is 50.7 Å². The molecule has 1 aliphatic rings. The van der Waals surface area contributed by atoms with Crippen LogP contribution in [0.4, 0.5) is 22.4 Å². The fourth-order valence-corrected chi connectivity index (χ4v) is 2.10. The van der Waals surface area contributed by atoms with Crippen LogP contribution in [0.15, 0.2) is 35.4 Å². The van der Waals surface area contributed by atoms with Crippen LogP contribution in [0.3, 0.4) is 0 Å². The molecule has 0 aliphatic carbocycles. The summed E-state index contributed by atoms with van der Waals surface area (Å²) in [4.78, 5) is 10.8. The summed E-state index contributed by atoms with van der Waals surface area (Å²) >= 11 is 0. The predicted molar refractivity (Wildman–Crippen MR) is 72.7 cm³/mol. The van der Waals surface area contributed by atoms with Crippen molar-refractivity contribution in [3.8, 4) is 11.1 Å². The largest absolute Gasteiger partial charge is 0.442 e. The van der Waals surface area contributed by atoms with Crippen LogP contribution in [0.1, 0.15) is 5.56 Å². The highest BCUT2D eigenvalue weighted by molar-refractivity contribution is 6.03. The van der Waals surface area contributed by atoms with E-state index in [0.29, 0.717) is 17.7 Å². The molecule has 3 rings (SSSR count). The second-order valence-corrected chi connectivity index (χ2v) is 4.69. The standard InChI is InChI=1S/C15H8F4N2O2/c16-10-3-7(14-6-23-15(22)21-20-14)1-2-8(10)9-4-12(18)13(19)5-11(9)17/h1-5H,6H2,(H,21,22). The van der Waals surface area contributed by atoms with Gasteiger partial charge in [-0.2, -0.15) is 5.10 Å². The molecule has 2 aromatic rings. The normalized spacial score (nSPS) is 14.1. The SMILES string of the molecule is O=C1NN=C(c2ccc(-c3cc(F)c(F)cc3F)c(F)c2)CO1. The van der Waals surface area contributed by atoms with Crippen LogP contribution in [-0.4, -0.2) is 18.4 Å². The van der Waals surface area contributed by atoms with Crippen LogP contribution in [-0.2, 0) is 4.74 Å². The van der Waals surface area contributed by atoms with E-state index >= 15 is 0 Å². The van der Waals surface area contributed by atoms with E-state index < -0.39 is 34.9 Å². The number of carbonyl (C=O) groups excluding carboxylic acids is 1. The van der Waals surface area contributed by atoms with Gasteiger partial charge in [-0.25, -0.2) is 27.8 Å². The van der Waals surface area contributed by atoms with Crippen LogP contribution < -0.4 is 5.43 Å². The van der Waals surface area contributed by atoms with Crippen molar-refractivity contribution in [2.45, 2.75) is 0 Å². The maximum atomic E-state index is 14.2. The molecule has 1 amide bonds. The first kappa shape index (κ1) is 15.0. The van der Waals surface area contributed by atoms with Gasteiger partial charge in [-0.3, -0.25) is 0 Å². The smallest absolute Gasteiger partial charge is 0.428 e. The minimum absolute atomic E-state index is 0.149. The van der Waals surface area contributed by atoms with E-state index in [0.717, 1.165) is 6.07 Å². The zero-order chi connectivity index (χ0) is 16.6. The van der Waals surface area contributed by atoms with Crippen LogP contribution in [0.2, 0.25) is 0 Å². The van der Waals surface area contributed by atoms with Crippen molar-refractivity contribution in [2.75, 3.05) is 6.61 Å². The monoisotopic (exact) mass is 324 g/mol. The van der Waals surface area contributed by atoms with Crippen LogP contribution >= 0.6 is 0 Å². The molecule has 0 spiro atoms. The third-order valence-electron chi connectivity index (χ3n) is 3.22. The number of hydrogen-bond donors (Lipinski definition) is 1. The summed E-state index contributed by atoms with van der Waals surface area (Å²) in [5.41, 5.74) is 2.01. The zero-order valence-electron chi connectivity index (χ0n) is 11.4. The van der Waals surface area contributed by atoms with Crippen molar-refractivity contribution < 1.29 is 27.1 Å². The third-order valence-corrected chi connectivity index (χ3v) is 3.22. The molecule has 0 atom stereocenters. The van der Waals surface area contributed by atoms with Crippen molar-refractivity contribution >= 4 is 11.8 Å². The average Bonchev–Trinajstić information content (AvgIpc) is 2.52. The van der Waals surface area contributed by atoms with Gasteiger partial charge in [0.1, 0.15) is 24.0 Å². The molecule has 2 aromatic carbocycles. The Bertz CT molecular complexity index is 836. The first-order valence-corrected chi connectivity index (χ1v) is 6.40. The Morgan fingerprint density at radius 1 is 0.913 bits per heavy atom. The number of hydrogen-bond acceptors (Lipinski definition) is 3. The highest BCUT2D eigenvalue weighted by Gasteiger charge is 2.18. The minimum Gasteiger partial charge on any atom is -0.442 e. The molecular weight excluding hydrogens is 316 g/mol. The molecule has 4 nitrogen and oxygen atoms in total. The fraction of sp³-hybridized carbons (Fsp3) is 0.0667. The molecule has 0 aromatic heterocycles. The van der Waals surface area contributed by atoms with Gasteiger partial charge in [0.15, 0.2) is 11.6 Å². The first-order valence-electron chi connectivity index (χ1n) is 6.40. The number of hydrazone groups is 1. The number of carbonyl (C=O) groups is 1. The summed E-state index contributed by atoms with van der Waals surface area (Å²) in [5, 5.41) is 3.71. The van der Waals surface area contributed by atoms with E-state index in [1.54, 1.807) is 0 Å². The molecule has 1 aliphatic heterocycles. The van der Waals surface area contributed by atoms with Gasteiger partial charge in [0, 0.05) is 22.8 Å². The second-order valence-electron chi connectivity index (χ2n) is 4.69. The van der Waals surface area contributed by atoms with Crippen LogP contribution in [0.25, 0.3) is 11.1 Å². The predicted octanol–water partition coefficient (Wildman–Crippen LogP) is 3.35. The Balaban J connectivity index is 2.00. The summed E-state index contributed by atoms with van der Waals surface area (Å²) in [6, 6.07) is 4.59. The Kier molecular flexibility index (Phi) is 3.73. The van der Waals surface area contributed by atoms with Gasteiger partial charge >= 0.3 is 6.09 Å². The molecule has 0 bridgehead atoms. The number of rotatable bonds is 2. The van der Waals surface area contributed by atoms with Gasteiger partial charge in [-0.05, 0) is 12.1 Å². The van der Waals surface area contributed by atoms with E-state index in [1.807, 2.05) is 0 Å². The lowest BCUT2D eigenvalue weighted by Crippen LogP contribution is -2.30. The lowest BCUT2D eigenvalue weighted by atomic mass is 10.0. The van der Waals surface area contributed by atoms with Gasteiger partial charge < -0.3 is 4.74 Å². The summed E-state index contributed by atoms with van der Waals surface area (Å²) < 4.78 is 58.8. The highest BCUT2D eigenvalue weighted by Crippen LogP contribution is 2.28. The van der Waals surface area contributed by atoms with Gasteiger partial charge in [-0.15, -0.1) is 0 Å². The minimum atomic E-state index is -1.35. The average molecular weight is 324 g/mol. The number of amides is 1. The van der Waals surface area contributed by atoms with Gasteiger partial charge in [0.2, 0.25) is 0 Å². The number of nitrogens with zero attached hydrogens (tertiary/aromatic N) is 1. The summed E-state index contributed by atoms with van der Waals surface area (Å²) in [5.74, 6) is -4.57. The highest BCUT2D eigenvalue weighted by atomic mass is 19.2. The second kappa shape index (κ2) is 5.71. The van der Waals surface area contributed by atoms with Crippen molar-refractivity contribution in [2.24, 2.45) is 5.10 Å². The molecule has 0 saturated carbocycles. The molecule has 0 fully saturated rings. The molecule has 23 heavy (non-hydrogen) atoms. The van der Waals surface area contributed by atoms with E-state index in [4.69, 9.17) is 4.74 Å². The Hall–Kier alpha value is -2.90. The molecule has 1 N–H and O–H groups in total. The Morgan fingerprint density at radius 3 is 2.26 bits per heavy atom. The molecular formula is C15H8F4N2O2. The van der Waals surface area contributed by atoms with Crippen molar-refractivity contribution in [3.05, 3.63) is 59.2 Å². The number of ether oxygens (including phenoxy) is 1. The maximum Gasteiger partial charge on any atom is 0.428 e. The molecule has 1 heterocycles. The van der Waals surface area contributed by atoms with Gasteiger partial charge in [0.25, 0.3) is 0 Å². The summed E-state index contributed by atoms with van der Waals surface area (Å²) in [6.07, 6.45) is -0.727. The number of benzene rings is 2. The lowest BCUT2D eigenvalue weighted by molar-refractivity contribution is 0.157. The van der Waals surface area contributed by atoms with Crippen molar-refractivity contribution in [3.63, 3.8) is 0 Å². The van der Waals surface area contributed by atoms with E-state index in [2.05, 4.69) is 10.5 Å². The maximum absolute atomic E-state index is 14.2. The Labute approximate surface area is 127 Å². The molecule has 8 heteroatoms. The Morgan fingerprint density at radius 2 is 1.61 bits per heavy atom. The first-order chi connectivity index (χ1) is 11.0. The van der Waals surface area contributed by atoms with E-state index in [9.17, 15) is 22.4 Å². The molecule has 0 saturated heterocycles. The van der Waals surface area contributed by atoms with Gasteiger partial charge in [-0.1, -0.05) is 12.1 Å². The van der Waals surface area contributed by atoms with Gasteiger partial charge in [0.05, 0.1) is 0 Å². The number of cyclic esters (lactones) is 1. The van der Waals surface area contributed by atoms with Crippen molar-refractivity contribution in [1.82, 2.24) is 5.43 Å². The summed E-state index contributed by atoms with van der Waals surface area (Å²) in [6.45, 7) is -0.149. The third kappa shape index (κ3) is 2.87. The quantitative estimate of drug-likeness (QED) is 0.680. The number of halogens is 4. The van der Waals surface area contributed by atoms with Crippen LogP contribution in [0.5, 0.6) is 0 Å². The van der Waals surface area contributed by atoms with E-state index in [-0.39, 0.29) is 17.9 Å². The van der Waals surface area contributed by atoms with E-state index in [1.165, 1.54) is 12.1 Å². The zero-order valence-corrected chi connectivity index (χ0v) is 11.4. The molecule has 118 valence electrons. The summed E-state index contributed by atoms with van der Waals surface area (Å²) in [7, 11) is 0. The molecule has 0 radical (unpaired) electrons. The lowest BCUT2D eigenvalue weighted by Gasteiger charge is -2.14. The fourth-order valence-electron chi connectivity index (χ4n) is 2.10. The molecule has 0 unspecified atom stereocenters.